The summed E-state index contributed by atoms with van der Waals surface area (Å²) in [7, 11) is 0. The van der Waals surface area contributed by atoms with E-state index in [1.165, 1.54) is 11.1 Å². The standard InChI is InChI=1S/C22H28N2O2/c1-3-17-6-12-20(13-7-17)26-21-14-10-19(11-15-21)24-22(25)23-18-8-4-16(2)5-9-18/h4-9,12-13,19,21H,3,10-11,14-15H2,1-2H3,(H2,23,24,25)/t19-,21-. The molecule has 2 aromatic carbocycles. The number of hydrogen-bond acceptors (Lipinski definition) is 2. The molecule has 4 nitrogen and oxygen atoms in total. The molecule has 0 saturated heterocycles. The Hall–Kier alpha value is -2.49. The van der Waals surface area contributed by atoms with Gasteiger partial charge in [0.1, 0.15) is 5.75 Å². The topological polar surface area (TPSA) is 50.4 Å². The highest BCUT2D eigenvalue weighted by Crippen LogP contribution is 2.24. The monoisotopic (exact) mass is 352 g/mol. The second-order valence-corrected chi connectivity index (χ2v) is 7.05. The van der Waals surface area contributed by atoms with E-state index in [4.69, 9.17) is 4.74 Å². The molecule has 0 spiro atoms. The fourth-order valence-electron chi connectivity index (χ4n) is 3.31. The van der Waals surface area contributed by atoms with Crippen molar-refractivity contribution >= 4 is 11.7 Å². The van der Waals surface area contributed by atoms with Crippen LogP contribution in [0.4, 0.5) is 10.5 Å². The van der Waals surface area contributed by atoms with Crippen molar-refractivity contribution in [3.8, 4) is 5.75 Å². The van der Waals surface area contributed by atoms with Gasteiger partial charge in [-0.1, -0.05) is 36.8 Å². The van der Waals surface area contributed by atoms with Gasteiger partial charge >= 0.3 is 6.03 Å². The van der Waals surface area contributed by atoms with E-state index in [1.807, 2.05) is 31.2 Å². The van der Waals surface area contributed by atoms with Crippen molar-refractivity contribution < 1.29 is 9.53 Å². The molecular weight excluding hydrogens is 324 g/mol. The van der Waals surface area contributed by atoms with Crippen LogP contribution in [0.1, 0.15) is 43.7 Å². The zero-order chi connectivity index (χ0) is 18.4. The quantitative estimate of drug-likeness (QED) is 0.789. The molecule has 1 fully saturated rings. The highest BCUT2D eigenvalue weighted by Gasteiger charge is 2.23. The van der Waals surface area contributed by atoms with Gasteiger partial charge in [0, 0.05) is 11.7 Å². The zero-order valence-corrected chi connectivity index (χ0v) is 15.6. The second-order valence-electron chi connectivity index (χ2n) is 7.05. The molecule has 0 atom stereocenters. The molecule has 0 heterocycles. The Morgan fingerprint density at radius 1 is 1.00 bits per heavy atom. The smallest absolute Gasteiger partial charge is 0.319 e. The van der Waals surface area contributed by atoms with Crippen LogP contribution in [0.25, 0.3) is 0 Å². The number of aryl methyl sites for hydroxylation is 2. The van der Waals surface area contributed by atoms with Crippen LogP contribution in [-0.4, -0.2) is 18.2 Å². The third-order valence-electron chi connectivity index (χ3n) is 4.95. The molecule has 1 aliphatic rings. The van der Waals surface area contributed by atoms with E-state index in [9.17, 15) is 4.79 Å². The van der Waals surface area contributed by atoms with E-state index < -0.39 is 0 Å². The minimum absolute atomic E-state index is 0.131. The minimum atomic E-state index is -0.131. The van der Waals surface area contributed by atoms with Crippen LogP contribution < -0.4 is 15.4 Å². The van der Waals surface area contributed by atoms with E-state index >= 15 is 0 Å². The summed E-state index contributed by atoms with van der Waals surface area (Å²) in [5.74, 6) is 0.940. The maximum absolute atomic E-state index is 12.1. The van der Waals surface area contributed by atoms with Crippen molar-refractivity contribution in [2.45, 2.75) is 58.1 Å². The summed E-state index contributed by atoms with van der Waals surface area (Å²) in [6.45, 7) is 4.18. The second kappa shape index (κ2) is 8.75. The van der Waals surface area contributed by atoms with Gasteiger partial charge in [0.05, 0.1) is 6.10 Å². The van der Waals surface area contributed by atoms with E-state index in [0.717, 1.165) is 43.5 Å². The van der Waals surface area contributed by atoms with Crippen LogP contribution in [0.2, 0.25) is 0 Å². The Labute approximate surface area is 156 Å². The first kappa shape index (κ1) is 18.3. The third-order valence-corrected chi connectivity index (χ3v) is 4.95. The van der Waals surface area contributed by atoms with E-state index in [2.05, 4.69) is 41.8 Å². The molecule has 0 unspecified atom stereocenters. The van der Waals surface area contributed by atoms with Gasteiger partial charge in [-0.05, 0) is 68.9 Å². The lowest BCUT2D eigenvalue weighted by Gasteiger charge is -2.29. The van der Waals surface area contributed by atoms with Crippen molar-refractivity contribution in [1.29, 1.82) is 0 Å². The Kier molecular flexibility index (Phi) is 6.16. The third kappa shape index (κ3) is 5.25. The van der Waals surface area contributed by atoms with Crippen molar-refractivity contribution in [2.24, 2.45) is 0 Å². The van der Waals surface area contributed by atoms with Crippen LogP contribution >= 0.6 is 0 Å². The van der Waals surface area contributed by atoms with Crippen molar-refractivity contribution in [3.63, 3.8) is 0 Å². The highest BCUT2D eigenvalue weighted by atomic mass is 16.5. The molecule has 2 amide bonds. The molecule has 2 aromatic rings. The van der Waals surface area contributed by atoms with Crippen LogP contribution in [-0.2, 0) is 6.42 Å². The summed E-state index contributed by atoms with van der Waals surface area (Å²) in [5, 5.41) is 5.97. The summed E-state index contributed by atoms with van der Waals surface area (Å²) in [4.78, 5) is 12.1. The Balaban J connectivity index is 1.41. The Morgan fingerprint density at radius 3 is 2.27 bits per heavy atom. The molecular formula is C22H28N2O2. The lowest BCUT2D eigenvalue weighted by molar-refractivity contribution is 0.141. The average molecular weight is 352 g/mol. The van der Waals surface area contributed by atoms with Gasteiger partial charge < -0.3 is 15.4 Å². The van der Waals surface area contributed by atoms with Gasteiger partial charge in [-0.15, -0.1) is 0 Å². The largest absolute Gasteiger partial charge is 0.490 e. The maximum Gasteiger partial charge on any atom is 0.319 e. The number of rotatable bonds is 5. The molecule has 3 rings (SSSR count). The Bertz CT molecular complexity index is 702. The van der Waals surface area contributed by atoms with E-state index in [0.29, 0.717) is 0 Å². The molecule has 1 aliphatic carbocycles. The van der Waals surface area contributed by atoms with Gasteiger partial charge in [-0.2, -0.15) is 0 Å². The molecule has 0 aliphatic heterocycles. The lowest BCUT2D eigenvalue weighted by atomic mass is 9.93. The van der Waals surface area contributed by atoms with Gasteiger partial charge in [-0.3, -0.25) is 0 Å². The summed E-state index contributed by atoms with van der Waals surface area (Å²) in [5.41, 5.74) is 3.32. The van der Waals surface area contributed by atoms with Crippen LogP contribution in [0.5, 0.6) is 5.75 Å². The predicted molar refractivity (Wildman–Crippen MR) is 106 cm³/mol. The van der Waals surface area contributed by atoms with Crippen molar-refractivity contribution in [1.82, 2.24) is 5.32 Å². The number of anilines is 1. The van der Waals surface area contributed by atoms with E-state index in [-0.39, 0.29) is 18.2 Å². The summed E-state index contributed by atoms with van der Waals surface area (Å²) < 4.78 is 6.09. The molecule has 0 bridgehead atoms. The number of carbonyl (C=O) groups excluding carboxylic acids is 1. The molecule has 0 aromatic heterocycles. The minimum Gasteiger partial charge on any atom is -0.490 e. The Morgan fingerprint density at radius 2 is 1.65 bits per heavy atom. The van der Waals surface area contributed by atoms with Gasteiger partial charge in [0.25, 0.3) is 0 Å². The fourth-order valence-corrected chi connectivity index (χ4v) is 3.31. The van der Waals surface area contributed by atoms with Gasteiger partial charge in [0.15, 0.2) is 0 Å². The first-order valence-electron chi connectivity index (χ1n) is 9.52. The first-order valence-corrected chi connectivity index (χ1v) is 9.52. The summed E-state index contributed by atoms with van der Waals surface area (Å²) in [6, 6.07) is 16.3. The van der Waals surface area contributed by atoms with Crippen LogP contribution in [0, 0.1) is 6.92 Å². The highest BCUT2D eigenvalue weighted by molar-refractivity contribution is 5.89. The predicted octanol–water partition coefficient (Wildman–Crippen LogP) is 5.07. The molecule has 2 N–H and O–H groups in total. The number of hydrogen-bond donors (Lipinski definition) is 2. The summed E-state index contributed by atoms with van der Waals surface area (Å²) in [6.07, 6.45) is 5.09. The summed E-state index contributed by atoms with van der Waals surface area (Å²) >= 11 is 0. The van der Waals surface area contributed by atoms with Crippen LogP contribution in [0.3, 0.4) is 0 Å². The molecule has 4 heteroatoms. The van der Waals surface area contributed by atoms with E-state index in [1.54, 1.807) is 0 Å². The number of amides is 2. The molecule has 1 saturated carbocycles. The average Bonchev–Trinajstić information content (AvgIpc) is 2.66. The maximum atomic E-state index is 12.1. The number of nitrogens with one attached hydrogen (secondary N) is 2. The van der Waals surface area contributed by atoms with Crippen molar-refractivity contribution in [3.05, 3.63) is 59.7 Å². The molecule has 0 radical (unpaired) electrons. The van der Waals surface area contributed by atoms with Crippen LogP contribution in [0.15, 0.2) is 48.5 Å². The molecule has 138 valence electrons. The van der Waals surface area contributed by atoms with Gasteiger partial charge in [-0.25, -0.2) is 4.79 Å². The number of benzene rings is 2. The SMILES string of the molecule is CCc1ccc(O[C@H]2CC[C@H](NC(=O)Nc3ccc(C)cc3)CC2)cc1. The number of carbonyl (C=O) groups is 1. The first-order chi connectivity index (χ1) is 12.6. The zero-order valence-electron chi connectivity index (χ0n) is 15.6. The fraction of sp³-hybridized carbons (Fsp3) is 0.409. The molecule has 26 heavy (non-hydrogen) atoms. The lowest BCUT2D eigenvalue weighted by Crippen LogP contribution is -2.41. The number of ether oxygens (including phenoxy) is 1. The van der Waals surface area contributed by atoms with Crippen molar-refractivity contribution in [2.75, 3.05) is 5.32 Å². The normalized spacial score (nSPS) is 19.6. The van der Waals surface area contributed by atoms with Gasteiger partial charge in [0.2, 0.25) is 0 Å². The number of urea groups is 1.